The highest BCUT2D eigenvalue weighted by Crippen LogP contribution is 2.38. The molecule has 4 atom stereocenters. The van der Waals surface area contributed by atoms with Crippen molar-refractivity contribution in [2.45, 2.75) is 96.4 Å². The Hall–Kier alpha value is -2.34. The molecule has 2 fully saturated rings. The highest BCUT2D eigenvalue weighted by molar-refractivity contribution is 5.85. The second-order valence-corrected chi connectivity index (χ2v) is 12.1. The average Bonchev–Trinajstić information content (AvgIpc) is 3.16. The van der Waals surface area contributed by atoms with Crippen LogP contribution in [0.15, 0.2) is 54.6 Å². The molecule has 1 aliphatic heterocycles. The van der Waals surface area contributed by atoms with E-state index in [1.54, 1.807) is 6.07 Å². The van der Waals surface area contributed by atoms with Gasteiger partial charge in [-0.2, -0.15) is 13.2 Å². The van der Waals surface area contributed by atoms with Gasteiger partial charge in [0.1, 0.15) is 5.60 Å². The Morgan fingerprint density at radius 3 is 2.31 bits per heavy atom. The van der Waals surface area contributed by atoms with Crippen molar-refractivity contribution in [2.75, 3.05) is 6.61 Å². The van der Waals surface area contributed by atoms with E-state index < -0.39 is 17.3 Å². The van der Waals surface area contributed by atoms with Gasteiger partial charge in [0.2, 0.25) is 0 Å². The lowest BCUT2D eigenvalue weighted by molar-refractivity contribution is -0.168. The second-order valence-electron chi connectivity index (χ2n) is 12.1. The standard InChI is InChI=1S/C33H44F3NO2/c1-24(2)32(31(38)37-22-29-12-7-13-30(21-29)33(34,35)36)19-18-28(23-39-32)17-15-25-10-6-11-27(16-14-25)20-26-8-4-3-5-9-26/h3-5,7-9,12-13,21,24-25,27-28H,6,10-11,14-20,22-23H2,1-2H3,(H,37,38)/t25?,27?,28?,32-/m0/s1. The van der Waals surface area contributed by atoms with Gasteiger partial charge in [-0.15, -0.1) is 0 Å². The summed E-state index contributed by atoms with van der Waals surface area (Å²) in [7, 11) is 0. The van der Waals surface area contributed by atoms with Crippen LogP contribution in [0.25, 0.3) is 0 Å². The third-order valence-electron chi connectivity index (χ3n) is 9.08. The molecule has 1 heterocycles. The summed E-state index contributed by atoms with van der Waals surface area (Å²) in [6.07, 6.45) is 7.30. The van der Waals surface area contributed by atoms with Gasteiger partial charge in [-0.3, -0.25) is 4.79 Å². The zero-order valence-corrected chi connectivity index (χ0v) is 23.4. The third kappa shape index (κ3) is 8.09. The number of alkyl halides is 3. The first-order valence-corrected chi connectivity index (χ1v) is 14.8. The van der Waals surface area contributed by atoms with E-state index in [0.29, 0.717) is 24.5 Å². The highest BCUT2D eigenvalue weighted by Gasteiger charge is 2.45. The lowest BCUT2D eigenvalue weighted by atomic mass is 9.78. The number of rotatable bonds is 9. The predicted molar refractivity (Wildman–Crippen MR) is 149 cm³/mol. The van der Waals surface area contributed by atoms with Crippen molar-refractivity contribution < 1.29 is 22.7 Å². The van der Waals surface area contributed by atoms with Crippen LogP contribution >= 0.6 is 0 Å². The molecule has 1 saturated carbocycles. The lowest BCUT2D eigenvalue weighted by Crippen LogP contribution is -2.55. The fourth-order valence-electron chi connectivity index (χ4n) is 6.52. The quantitative estimate of drug-likeness (QED) is 0.323. The number of amides is 1. The fraction of sp³-hybridized carbons (Fsp3) is 0.606. The van der Waals surface area contributed by atoms with Gasteiger partial charge in [0.05, 0.1) is 12.2 Å². The van der Waals surface area contributed by atoms with Crippen LogP contribution in [0.4, 0.5) is 13.2 Å². The van der Waals surface area contributed by atoms with Crippen LogP contribution in [0.5, 0.6) is 0 Å². The Labute approximate surface area is 231 Å². The van der Waals surface area contributed by atoms with Crippen LogP contribution in [0.1, 0.15) is 88.3 Å². The van der Waals surface area contributed by atoms with E-state index >= 15 is 0 Å². The van der Waals surface area contributed by atoms with Crippen molar-refractivity contribution in [1.82, 2.24) is 5.32 Å². The zero-order chi connectivity index (χ0) is 27.9. The molecule has 4 rings (SSSR count). The van der Waals surface area contributed by atoms with Crippen LogP contribution in [-0.2, 0) is 28.7 Å². The molecule has 1 aliphatic carbocycles. The Balaban J connectivity index is 1.23. The van der Waals surface area contributed by atoms with E-state index in [1.165, 1.54) is 56.6 Å². The second kappa shape index (κ2) is 13.3. The van der Waals surface area contributed by atoms with Gasteiger partial charge in [0.15, 0.2) is 0 Å². The van der Waals surface area contributed by atoms with Gasteiger partial charge in [-0.1, -0.05) is 88.4 Å². The SMILES string of the molecule is CC(C)[C@]1(C(=O)NCc2cccc(C(F)(F)F)c2)CCC(CCC2CCCC(Cc3ccccc3)CC2)CO1. The van der Waals surface area contributed by atoms with Crippen LogP contribution in [0.2, 0.25) is 0 Å². The molecule has 214 valence electrons. The molecule has 6 heteroatoms. The minimum Gasteiger partial charge on any atom is -0.365 e. The molecule has 0 radical (unpaired) electrons. The molecule has 2 aromatic carbocycles. The van der Waals surface area contributed by atoms with E-state index in [0.717, 1.165) is 36.8 Å². The highest BCUT2D eigenvalue weighted by atomic mass is 19.4. The molecule has 1 N–H and O–H groups in total. The van der Waals surface area contributed by atoms with Crippen molar-refractivity contribution in [3.05, 3.63) is 71.3 Å². The molecule has 39 heavy (non-hydrogen) atoms. The molecular weight excluding hydrogens is 499 g/mol. The van der Waals surface area contributed by atoms with Crippen molar-refractivity contribution in [2.24, 2.45) is 23.7 Å². The summed E-state index contributed by atoms with van der Waals surface area (Å²) in [6, 6.07) is 16.0. The maximum absolute atomic E-state index is 13.3. The number of ether oxygens (including phenoxy) is 1. The molecular formula is C33H44F3NO2. The molecule has 2 aliphatic rings. The summed E-state index contributed by atoms with van der Waals surface area (Å²) in [6.45, 7) is 4.60. The average molecular weight is 544 g/mol. The predicted octanol–water partition coefficient (Wildman–Crippen LogP) is 8.36. The number of hydrogen-bond acceptors (Lipinski definition) is 2. The first-order valence-electron chi connectivity index (χ1n) is 14.8. The fourth-order valence-corrected chi connectivity index (χ4v) is 6.52. The van der Waals surface area contributed by atoms with E-state index in [-0.39, 0.29) is 18.4 Å². The summed E-state index contributed by atoms with van der Waals surface area (Å²) < 4.78 is 45.5. The van der Waals surface area contributed by atoms with Crippen molar-refractivity contribution >= 4 is 5.91 Å². The van der Waals surface area contributed by atoms with Crippen LogP contribution < -0.4 is 5.32 Å². The summed E-state index contributed by atoms with van der Waals surface area (Å²) in [5.74, 6) is 1.77. The molecule has 3 unspecified atom stereocenters. The monoisotopic (exact) mass is 543 g/mol. The summed E-state index contributed by atoms with van der Waals surface area (Å²) in [4.78, 5) is 13.3. The van der Waals surface area contributed by atoms with Gasteiger partial charge < -0.3 is 10.1 Å². The minimum atomic E-state index is -4.40. The van der Waals surface area contributed by atoms with Crippen molar-refractivity contribution in [3.63, 3.8) is 0 Å². The van der Waals surface area contributed by atoms with Crippen LogP contribution in [0.3, 0.4) is 0 Å². The van der Waals surface area contributed by atoms with E-state index in [4.69, 9.17) is 4.74 Å². The van der Waals surface area contributed by atoms with Crippen LogP contribution in [-0.4, -0.2) is 18.1 Å². The van der Waals surface area contributed by atoms with Gasteiger partial charge in [0, 0.05) is 6.54 Å². The molecule has 1 amide bonds. The molecule has 3 nitrogen and oxygen atoms in total. The minimum absolute atomic E-state index is 0.0247. The van der Waals surface area contributed by atoms with Crippen molar-refractivity contribution in [1.29, 1.82) is 0 Å². The maximum Gasteiger partial charge on any atom is 0.416 e. The number of carbonyl (C=O) groups excluding carboxylic acids is 1. The van der Waals surface area contributed by atoms with Crippen molar-refractivity contribution in [3.8, 4) is 0 Å². The third-order valence-corrected chi connectivity index (χ3v) is 9.08. The first-order chi connectivity index (χ1) is 18.7. The zero-order valence-electron chi connectivity index (χ0n) is 23.4. The number of halogens is 3. The summed E-state index contributed by atoms with van der Waals surface area (Å²) in [5.41, 5.74) is 0.253. The van der Waals surface area contributed by atoms with E-state index in [1.807, 2.05) is 13.8 Å². The molecule has 0 bridgehead atoms. The van der Waals surface area contributed by atoms with E-state index in [2.05, 4.69) is 35.6 Å². The molecule has 0 spiro atoms. The topological polar surface area (TPSA) is 38.3 Å². The number of nitrogens with one attached hydrogen (secondary N) is 1. The maximum atomic E-state index is 13.3. The number of hydrogen-bond donors (Lipinski definition) is 1. The molecule has 2 aromatic rings. The number of carbonyl (C=O) groups is 1. The van der Waals surface area contributed by atoms with Gasteiger partial charge in [-0.05, 0) is 79.0 Å². The molecule has 1 saturated heterocycles. The first kappa shape index (κ1) is 29.6. The lowest BCUT2D eigenvalue weighted by Gasteiger charge is -2.42. The summed E-state index contributed by atoms with van der Waals surface area (Å²) in [5, 5.41) is 2.87. The van der Waals surface area contributed by atoms with E-state index in [9.17, 15) is 18.0 Å². The Morgan fingerprint density at radius 1 is 0.923 bits per heavy atom. The summed E-state index contributed by atoms with van der Waals surface area (Å²) >= 11 is 0. The smallest absolute Gasteiger partial charge is 0.365 e. The Morgan fingerprint density at radius 2 is 1.62 bits per heavy atom. The molecule has 0 aromatic heterocycles. The van der Waals surface area contributed by atoms with Gasteiger partial charge in [-0.25, -0.2) is 0 Å². The number of benzene rings is 2. The Kier molecular flexibility index (Phi) is 10.1. The van der Waals surface area contributed by atoms with Gasteiger partial charge in [0.25, 0.3) is 5.91 Å². The Bertz CT molecular complexity index is 1040. The van der Waals surface area contributed by atoms with Crippen LogP contribution in [0, 0.1) is 23.7 Å². The normalized spacial score (nSPS) is 26.3. The largest absolute Gasteiger partial charge is 0.416 e. The van der Waals surface area contributed by atoms with Gasteiger partial charge >= 0.3 is 6.18 Å².